The maximum atomic E-state index is 13.8. The summed E-state index contributed by atoms with van der Waals surface area (Å²) in [4.78, 5) is 12.2. The van der Waals surface area contributed by atoms with Gasteiger partial charge in [0.1, 0.15) is 5.75 Å². The van der Waals surface area contributed by atoms with Crippen LogP contribution < -0.4 is 4.74 Å². The van der Waals surface area contributed by atoms with E-state index in [1.807, 2.05) is 18.4 Å². The maximum Gasteiger partial charge on any atom is 0.166 e. The van der Waals surface area contributed by atoms with Crippen LogP contribution in [0.1, 0.15) is 17.3 Å². The standard InChI is InChI=1S/C15H13FO2S/c1-10(17)11-3-8-15(14(16)9-11)18-12-4-6-13(19-2)7-5-12/h3-9H,1-2H3. The van der Waals surface area contributed by atoms with Crippen molar-refractivity contribution in [1.82, 2.24) is 0 Å². The van der Waals surface area contributed by atoms with E-state index >= 15 is 0 Å². The molecule has 0 saturated carbocycles. The third kappa shape index (κ3) is 3.35. The Labute approximate surface area is 115 Å². The van der Waals surface area contributed by atoms with Crippen molar-refractivity contribution in [2.24, 2.45) is 0 Å². The first-order valence-electron chi connectivity index (χ1n) is 5.72. The summed E-state index contributed by atoms with van der Waals surface area (Å²) >= 11 is 1.62. The second-order valence-electron chi connectivity index (χ2n) is 3.98. The first-order valence-corrected chi connectivity index (χ1v) is 6.95. The Kier molecular flexibility index (Phi) is 4.22. The minimum Gasteiger partial charge on any atom is -0.454 e. The molecule has 2 rings (SSSR count). The smallest absolute Gasteiger partial charge is 0.166 e. The van der Waals surface area contributed by atoms with Crippen LogP contribution in [0, 0.1) is 5.82 Å². The minimum absolute atomic E-state index is 0.113. The number of ether oxygens (including phenoxy) is 1. The van der Waals surface area contributed by atoms with E-state index in [9.17, 15) is 9.18 Å². The molecule has 0 aromatic heterocycles. The van der Waals surface area contributed by atoms with Crippen molar-refractivity contribution < 1.29 is 13.9 Å². The fraction of sp³-hybridized carbons (Fsp3) is 0.133. The summed E-state index contributed by atoms with van der Waals surface area (Å²) in [6.07, 6.45) is 1.98. The summed E-state index contributed by atoms with van der Waals surface area (Å²) in [7, 11) is 0. The Bertz CT molecular complexity index is 594. The molecule has 19 heavy (non-hydrogen) atoms. The van der Waals surface area contributed by atoms with Gasteiger partial charge in [0.25, 0.3) is 0 Å². The number of thioether (sulfide) groups is 1. The summed E-state index contributed by atoms with van der Waals surface area (Å²) in [5.41, 5.74) is 0.336. The molecule has 0 heterocycles. The van der Waals surface area contributed by atoms with Gasteiger partial charge in [0, 0.05) is 10.5 Å². The van der Waals surface area contributed by atoms with Crippen molar-refractivity contribution >= 4 is 17.5 Å². The van der Waals surface area contributed by atoms with Gasteiger partial charge in [-0.2, -0.15) is 0 Å². The number of rotatable bonds is 4. The third-order valence-corrected chi connectivity index (χ3v) is 3.37. The van der Waals surface area contributed by atoms with Gasteiger partial charge in [0.15, 0.2) is 17.3 Å². The highest BCUT2D eigenvalue weighted by molar-refractivity contribution is 7.98. The lowest BCUT2D eigenvalue weighted by molar-refractivity contribution is 0.101. The molecule has 2 nitrogen and oxygen atoms in total. The number of carbonyl (C=O) groups excluding carboxylic acids is 1. The van der Waals surface area contributed by atoms with Crippen molar-refractivity contribution in [2.75, 3.05) is 6.26 Å². The molecule has 2 aromatic carbocycles. The van der Waals surface area contributed by atoms with E-state index in [0.717, 1.165) is 4.90 Å². The lowest BCUT2D eigenvalue weighted by atomic mass is 10.1. The summed E-state index contributed by atoms with van der Waals surface area (Å²) < 4.78 is 19.2. The Morgan fingerprint density at radius 1 is 1.16 bits per heavy atom. The van der Waals surface area contributed by atoms with E-state index in [1.54, 1.807) is 30.0 Å². The Morgan fingerprint density at radius 3 is 2.37 bits per heavy atom. The monoisotopic (exact) mass is 276 g/mol. The van der Waals surface area contributed by atoms with Crippen LogP contribution in [0.25, 0.3) is 0 Å². The zero-order valence-electron chi connectivity index (χ0n) is 10.6. The first kappa shape index (κ1) is 13.6. The molecule has 0 saturated heterocycles. The van der Waals surface area contributed by atoms with Crippen LogP contribution in [0.15, 0.2) is 47.4 Å². The number of carbonyl (C=O) groups is 1. The SMILES string of the molecule is CSc1ccc(Oc2ccc(C(C)=O)cc2F)cc1. The fourth-order valence-corrected chi connectivity index (χ4v) is 1.98. The molecule has 0 bridgehead atoms. The molecule has 0 radical (unpaired) electrons. The molecule has 0 N–H and O–H groups in total. The van der Waals surface area contributed by atoms with Crippen molar-refractivity contribution in [1.29, 1.82) is 0 Å². The van der Waals surface area contributed by atoms with Gasteiger partial charge in [-0.15, -0.1) is 11.8 Å². The molecular formula is C15H13FO2S. The van der Waals surface area contributed by atoms with E-state index < -0.39 is 5.82 Å². The lowest BCUT2D eigenvalue weighted by Crippen LogP contribution is -1.95. The number of Topliss-reactive ketones (excluding diaryl/α,β-unsaturated/α-hetero) is 1. The topological polar surface area (TPSA) is 26.3 Å². The van der Waals surface area contributed by atoms with E-state index in [2.05, 4.69) is 0 Å². The summed E-state index contributed by atoms with van der Waals surface area (Å²) in [6.45, 7) is 1.40. The molecule has 98 valence electrons. The summed E-state index contributed by atoms with van der Waals surface area (Å²) in [6, 6.07) is 11.6. The van der Waals surface area contributed by atoms with Gasteiger partial charge in [-0.05, 0) is 55.6 Å². The number of ketones is 1. The van der Waals surface area contributed by atoms with Crippen LogP contribution in [-0.4, -0.2) is 12.0 Å². The van der Waals surface area contributed by atoms with Crippen LogP contribution in [0.3, 0.4) is 0 Å². The summed E-state index contributed by atoms with van der Waals surface area (Å²) in [5.74, 6) is -0.0365. The zero-order chi connectivity index (χ0) is 13.8. The summed E-state index contributed by atoms with van der Waals surface area (Å²) in [5, 5.41) is 0. The molecular weight excluding hydrogens is 263 g/mol. The van der Waals surface area contributed by atoms with Crippen LogP contribution >= 0.6 is 11.8 Å². The highest BCUT2D eigenvalue weighted by atomic mass is 32.2. The van der Waals surface area contributed by atoms with Gasteiger partial charge in [-0.25, -0.2) is 4.39 Å². The van der Waals surface area contributed by atoms with E-state index in [-0.39, 0.29) is 11.5 Å². The second-order valence-corrected chi connectivity index (χ2v) is 4.86. The number of hydrogen-bond acceptors (Lipinski definition) is 3. The number of benzene rings is 2. The molecule has 2 aromatic rings. The van der Waals surface area contributed by atoms with Gasteiger partial charge < -0.3 is 4.74 Å². The molecule has 0 aliphatic heterocycles. The lowest BCUT2D eigenvalue weighted by Gasteiger charge is -2.08. The van der Waals surface area contributed by atoms with Gasteiger partial charge >= 0.3 is 0 Å². The molecule has 0 aliphatic rings. The third-order valence-electron chi connectivity index (χ3n) is 2.63. The highest BCUT2D eigenvalue weighted by Gasteiger charge is 2.08. The average molecular weight is 276 g/mol. The number of hydrogen-bond donors (Lipinski definition) is 0. The van der Waals surface area contributed by atoms with Crippen molar-refractivity contribution in [3.8, 4) is 11.5 Å². The van der Waals surface area contributed by atoms with Crippen LogP contribution in [0.2, 0.25) is 0 Å². The quantitative estimate of drug-likeness (QED) is 0.605. The zero-order valence-corrected chi connectivity index (χ0v) is 11.5. The van der Waals surface area contributed by atoms with Crippen molar-refractivity contribution in [2.45, 2.75) is 11.8 Å². The molecule has 0 atom stereocenters. The molecule has 4 heteroatoms. The molecule has 0 amide bonds. The molecule has 0 fully saturated rings. The predicted molar refractivity (Wildman–Crippen MR) is 74.7 cm³/mol. The average Bonchev–Trinajstić information content (AvgIpc) is 2.41. The predicted octanol–water partition coefficient (Wildman–Crippen LogP) is 4.54. The largest absolute Gasteiger partial charge is 0.454 e. The maximum absolute atomic E-state index is 13.8. The van der Waals surface area contributed by atoms with Crippen LogP contribution in [0.4, 0.5) is 4.39 Å². The highest BCUT2D eigenvalue weighted by Crippen LogP contribution is 2.27. The van der Waals surface area contributed by atoms with E-state index in [0.29, 0.717) is 11.3 Å². The first-order chi connectivity index (χ1) is 9.10. The van der Waals surface area contributed by atoms with Crippen molar-refractivity contribution in [3.05, 3.63) is 53.8 Å². The normalized spacial score (nSPS) is 10.3. The molecule has 0 unspecified atom stereocenters. The Morgan fingerprint density at radius 2 is 1.84 bits per heavy atom. The van der Waals surface area contributed by atoms with Gasteiger partial charge in [0.2, 0.25) is 0 Å². The molecule has 0 aliphatic carbocycles. The van der Waals surface area contributed by atoms with E-state index in [1.165, 1.54) is 19.1 Å². The van der Waals surface area contributed by atoms with Crippen molar-refractivity contribution in [3.63, 3.8) is 0 Å². The number of halogens is 1. The van der Waals surface area contributed by atoms with Gasteiger partial charge in [0.05, 0.1) is 0 Å². The molecule has 0 spiro atoms. The van der Waals surface area contributed by atoms with Gasteiger partial charge in [-0.3, -0.25) is 4.79 Å². The van der Waals surface area contributed by atoms with Crippen LogP contribution in [0.5, 0.6) is 11.5 Å². The van der Waals surface area contributed by atoms with E-state index in [4.69, 9.17) is 4.74 Å². The van der Waals surface area contributed by atoms with Crippen LogP contribution in [-0.2, 0) is 0 Å². The Hall–Kier alpha value is -1.81. The minimum atomic E-state index is -0.540. The second kappa shape index (κ2) is 5.89. The fourth-order valence-electron chi connectivity index (χ4n) is 1.57. The Balaban J connectivity index is 2.20. The van der Waals surface area contributed by atoms with Gasteiger partial charge in [-0.1, -0.05) is 0 Å².